The summed E-state index contributed by atoms with van der Waals surface area (Å²) in [6.45, 7) is 13.8. The quantitative estimate of drug-likeness (QED) is 0.140. The maximum Gasteiger partial charge on any atom is 0.258 e. The molecule has 6 nitrogen and oxygen atoms in total. The van der Waals surface area contributed by atoms with E-state index in [1.807, 2.05) is 24.3 Å². The Bertz CT molecular complexity index is 1280. The molecule has 0 fully saturated rings. The minimum atomic E-state index is -2.09. The summed E-state index contributed by atoms with van der Waals surface area (Å²) in [4.78, 5) is 0.408. The van der Waals surface area contributed by atoms with Crippen molar-refractivity contribution in [2.75, 3.05) is 27.8 Å². The highest BCUT2D eigenvalue weighted by molar-refractivity contribution is 7.99. The van der Waals surface area contributed by atoms with Gasteiger partial charge in [0.1, 0.15) is 23.4 Å². The molecule has 0 radical (unpaired) electrons. The number of ether oxygens (including phenoxy) is 5. The van der Waals surface area contributed by atoms with Crippen LogP contribution in [0.5, 0.6) is 23.0 Å². The minimum absolute atomic E-state index is 0.0424. The van der Waals surface area contributed by atoms with E-state index in [0.29, 0.717) is 33.0 Å². The summed E-state index contributed by atoms with van der Waals surface area (Å²) in [6, 6.07) is 19.3. The standard InChI is InChI=1S/C33H43FO6SSi/c1-21(2)42(22(3)4,23(5)6)40-27-15-9-24(10-16-27)31-32(25-11-13-26(14-12-25)37-19-35-7)41-33-29(39-31)18-17-28(30(33)34)38-20-36-8/h9-18,21-23,31-32H,19-20H2,1-8H3/t31-,32+/m1/s1. The molecule has 0 saturated heterocycles. The summed E-state index contributed by atoms with van der Waals surface area (Å²) < 4.78 is 50.1. The van der Waals surface area contributed by atoms with E-state index in [1.165, 1.54) is 18.9 Å². The maximum absolute atomic E-state index is 15.6. The molecule has 1 aliphatic heterocycles. The summed E-state index contributed by atoms with van der Waals surface area (Å²) in [6.07, 6.45) is -0.366. The Morgan fingerprint density at radius 2 is 1.29 bits per heavy atom. The molecule has 0 amide bonds. The number of fused-ring (bicyclic) bond motifs is 1. The highest BCUT2D eigenvalue weighted by atomic mass is 32.2. The normalized spacial score (nSPS) is 16.9. The van der Waals surface area contributed by atoms with E-state index in [1.54, 1.807) is 19.2 Å². The predicted molar refractivity (Wildman–Crippen MR) is 168 cm³/mol. The van der Waals surface area contributed by atoms with Crippen molar-refractivity contribution in [3.05, 3.63) is 77.6 Å². The Hall–Kier alpha value is -2.72. The number of hydrogen-bond donors (Lipinski definition) is 0. The Balaban J connectivity index is 1.69. The minimum Gasteiger partial charge on any atom is -0.543 e. The van der Waals surface area contributed by atoms with Crippen LogP contribution in [0, 0.1) is 5.82 Å². The molecule has 42 heavy (non-hydrogen) atoms. The Morgan fingerprint density at radius 1 is 0.738 bits per heavy atom. The van der Waals surface area contributed by atoms with E-state index in [0.717, 1.165) is 16.9 Å². The average Bonchev–Trinajstić information content (AvgIpc) is 2.98. The van der Waals surface area contributed by atoms with Crippen molar-refractivity contribution in [1.29, 1.82) is 0 Å². The van der Waals surface area contributed by atoms with Gasteiger partial charge in [-0.3, -0.25) is 0 Å². The summed E-state index contributed by atoms with van der Waals surface area (Å²) in [5, 5.41) is -0.233. The van der Waals surface area contributed by atoms with Crippen molar-refractivity contribution in [2.45, 2.75) is 74.4 Å². The molecule has 3 aromatic rings. The molecule has 1 aliphatic rings. The zero-order valence-electron chi connectivity index (χ0n) is 25.8. The SMILES string of the molecule is COCOc1ccc([C@@H]2Sc3c(ccc(OCOC)c3F)O[C@@H]2c2ccc(O[Si](C(C)C)(C(C)C)C(C)C)cc2)cc1. The van der Waals surface area contributed by atoms with Crippen LogP contribution < -0.4 is 18.6 Å². The van der Waals surface area contributed by atoms with Gasteiger partial charge in [-0.2, -0.15) is 0 Å². The van der Waals surface area contributed by atoms with Gasteiger partial charge in [0.05, 0.1) is 10.1 Å². The molecule has 0 N–H and O–H groups in total. The molecule has 228 valence electrons. The van der Waals surface area contributed by atoms with E-state index in [-0.39, 0.29) is 30.7 Å². The molecule has 2 atom stereocenters. The topological polar surface area (TPSA) is 55.4 Å². The first-order valence-electron chi connectivity index (χ1n) is 14.4. The summed E-state index contributed by atoms with van der Waals surface area (Å²) in [7, 11) is 0.989. The maximum atomic E-state index is 15.6. The first-order chi connectivity index (χ1) is 20.1. The molecule has 4 rings (SSSR count). The summed E-state index contributed by atoms with van der Waals surface area (Å²) in [5.74, 6) is 1.72. The van der Waals surface area contributed by atoms with Crippen LogP contribution in [0.15, 0.2) is 65.6 Å². The van der Waals surface area contributed by atoms with Crippen molar-refractivity contribution < 1.29 is 32.5 Å². The lowest BCUT2D eigenvalue weighted by Gasteiger charge is -2.42. The smallest absolute Gasteiger partial charge is 0.258 e. The fraction of sp³-hybridized carbons (Fsp3) is 0.455. The van der Waals surface area contributed by atoms with Gasteiger partial charge in [0.2, 0.25) is 0 Å². The average molecular weight is 615 g/mol. The number of rotatable bonds is 13. The van der Waals surface area contributed by atoms with Crippen LogP contribution in [-0.2, 0) is 9.47 Å². The van der Waals surface area contributed by atoms with Gasteiger partial charge in [0, 0.05) is 14.2 Å². The molecular weight excluding hydrogens is 572 g/mol. The number of hydrogen-bond acceptors (Lipinski definition) is 7. The second kappa shape index (κ2) is 14.2. The molecule has 1 heterocycles. The van der Waals surface area contributed by atoms with E-state index >= 15 is 4.39 Å². The van der Waals surface area contributed by atoms with E-state index in [9.17, 15) is 0 Å². The Morgan fingerprint density at radius 3 is 1.86 bits per heavy atom. The molecule has 3 aromatic carbocycles. The highest BCUT2D eigenvalue weighted by Crippen LogP contribution is 2.55. The monoisotopic (exact) mass is 614 g/mol. The van der Waals surface area contributed by atoms with Gasteiger partial charge >= 0.3 is 0 Å². The molecule has 0 aromatic heterocycles. The zero-order valence-corrected chi connectivity index (χ0v) is 27.6. The van der Waals surface area contributed by atoms with Gasteiger partial charge in [0.15, 0.2) is 25.2 Å². The van der Waals surface area contributed by atoms with Crippen LogP contribution in [0.4, 0.5) is 4.39 Å². The van der Waals surface area contributed by atoms with Crippen molar-refractivity contribution >= 4 is 20.1 Å². The number of thioether (sulfide) groups is 1. The number of halogens is 1. The number of benzene rings is 3. The van der Waals surface area contributed by atoms with Crippen molar-refractivity contribution in [3.63, 3.8) is 0 Å². The largest absolute Gasteiger partial charge is 0.543 e. The first kappa shape index (κ1) is 32.2. The van der Waals surface area contributed by atoms with Crippen molar-refractivity contribution in [2.24, 2.45) is 0 Å². The van der Waals surface area contributed by atoms with Crippen LogP contribution in [0.2, 0.25) is 16.6 Å². The van der Waals surface area contributed by atoms with Gasteiger partial charge in [0.25, 0.3) is 8.32 Å². The second-order valence-electron chi connectivity index (χ2n) is 11.4. The lowest BCUT2D eigenvalue weighted by molar-refractivity contribution is 0.0476. The summed E-state index contributed by atoms with van der Waals surface area (Å²) >= 11 is 1.43. The number of methoxy groups -OCH3 is 2. The lowest BCUT2D eigenvalue weighted by atomic mass is 10.00. The first-order valence-corrected chi connectivity index (χ1v) is 17.4. The summed E-state index contributed by atoms with van der Waals surface area (Å²) in [5.41, 5.74) is 3.38. The zero-order chi connectivity index (χ0) is 30.4. The van der Waals surface area contributed by atoms with E-state index < -0.39 is 14.1 Å². The fourth-order valence-corrected chi connectivity index (χ4v) is 12.6. The van der Waals surface area contributed by atoms with Crippen LogP contribution in [0.25, 0.3) is 0 Å². The van der Waals surface area contributed by atoms with Crippen LogP contribution in [0.1, 0.15) is 64.0 Å². The molecule has 0 unspecified atom stereocenters. The van der Waals surface area contributed by atoms with Gasteiger partial charge < -0.3 is 28.1 Å². The van der Waals surface area contributed by atoms with E-state index in [4.69, 9.17) is 28.1 Å². The predicted octanol–water partition coefficient (Wildman–Crippen LogP) is 9.31. The van der Waals surface area contributed by atoms with Crippen LogP contribution >= 0.6 is 11.8 Å². The van der Waals surface area contributed by atoms with Crippen molar-refractivity contribution in [1.82, 2.24) is 0 Å². The molecule has 9 heteroatoms. The lowest BCUT2D eigenvalue weighted by Crippen LogP contribution is -2.50. The third-order valence-corrected chi connectivity index (χ3v) is 15.3. The Kier molecular flexibility index (Phi) is 10.9. The van der Waals surface area contributed by atoms with E-state index in [2.05, 4.69) is 65.8 Å². The van der Waals surface area contributed by atoms with Crippen molar-refractivity contribution in [3.8, 4) is 23.0 Å². The van der Waals surface area contributed by atoms with Gasteiger partial charge in [-0.15, -0.1) is 11.8 Å². The molecular formula is C33H43FO6SSi. The molecule has 0 aliphatic carbocycles. The van der Waals surface area contributed by atoms with Gasteiger partial charge in [-0.05, 0) is 64.1 Å². The fourth-order valence-electron chi connectivity index (χ4n) is 5.99. The Labute approximate surface area is 254 Å². The van der Waals surface area contributed by atoms with Gasteiger partial charge in [-0.1, -0.05) is 65.8 Å². The third kappa shape index (κ3) is 6.75. The van der Waals surface area contributed by atoms with Gasteiger partial charge in [-0.25, -0.2) is 4.39 Å². The third-order valence-electron chi connectivity index (χ3n) is 7.89. The molecule has 0 spiro atoms. The highest BCUT2D eigenvalue weighted by Gasteiger charge is 2.47. The molecule has 0 bridgehead atoms. The second-order valence-corrected chi connectivity index (χ2v) is 18.0. The molecule has 0 saturated carbocycles. The van der Waals surface area contributed by atoms with Crippen LogP contribution in [0.3, 0.4) is 0 Å². The van der Waals surface area contributed by atoms with Crippen LogP contribution in [-0.4, -0.2) is 36.1 Å².